The van der Waals surface area contributed by atoms with Gasteiger partial charge in [-0.05, 0) is 25.0 Å². The van der Waals surface area contributed by atoms with Crippen LogP contribution in [-0.4, -0.2) is 31.2 Å². The van der Waals surface area contributed by atoms with Crippen LogP contribution in [0.5, 0.6) is 0 Å². The van der Waals surface area contributed by atoms with Crippen LogP contribution in [0.3, 0.4) is 0 Å². The van der Waals surface area contributed by atoms with E-state index < -0.39 is 26.8 Å². The molecule has 0 unspecified atom stereocenters. The van der Waals surface area contributed by atoms with Crippen LogP contribution in [-0.2, 0) is 19.6 Å². The number of nitrogens with one attached hydrogen (secondary N) is 3. The summed E-state index contributed by atoms with van der Waals surface area (Å²) in [6, 6.07) is 4.00. The summed E-state index contributed by atoms with van der Waals surface area (Å²) in [5, 5.41) is 13.1. The van der Waals surface area contributed by atoms with Crippen LogP contribution in [0, 0.1) is 10.1 Å². The Morgan fingerprint density at radius 3 is 2.20 bits per heavy atom. The highest BCUT2D eigenvalue weighted by Crippen LogP contribution is 2.17. The van der Waals surface area contributed by atoms with Gasteiger partial charge in [0.25, 0.3) is 15.7 Å². The molecule has 0 aromatic heterocycles. The minimum Gasteiger partial charge on any atom is -0.345 e. The molecule has 0 heterocycles. The number of nitro groups is 1. The first-order valence-corrected chi connectivity index (χ1v) is 9.15. The lowest BCUT2D eigenvalue weighted by atomic mass is 9.95. The van der Waals surface area contributed by atoms with Crippen LogP contribution < -0.4 is 15.6 Å². The SMILES string of the molecule is O=C(NNS(=O)(=O)c1ccc([N+](=O)[O-])cc1)C(=O)NC1CCCCC1. The molecule has 136 valence electrons. The first kappa shape index (κ1) is 18.8. The number of hydrogen-bond acceptors (Lipinski definition) is 6. The van der Waals surface area contributed by atoms with Gasteiger partial charge < -0.3 is 5.32 Å². The van der Waals surface area contributed by atoms with Crippen LogP contribution >= 0.6 is 0 Å². The van der Waals surface area contributed by atoms with Gasteiger partial charge in [-0.25, -0.2) is 8.42 Å². The standard InChI is InChI=1S/C14H18N4O6S/c19-13(15-10-4-2-1-3-5-10)14(20)16-17-25(23,24)12-8-6-11(7-9-12)18(21)22/h6-10,17H,1-5H2,(H,15,19)(H,16,20). The Kier molecular flexibility index (Phi) is 6.04. The number of amides is 2. The van der Waals surface area contributed by atoms with Crippen molar-refractivity contribution >= 4 is 27.5 Å². The van der Waals surface area contributed by atoms with E-state index in [-0.39, 0.29) is 16.6 Å². The predicted molar refractivity (Wildman–Crippen MR) is 86.6 cm³/mol. The quantitative estimate of drug-likeness (QED) is 0.387. The summed E-state index contributed by atoms with van der Waals surface area (Å²) < 4.78 is 24.0. The normalized spacial score (nSPS) is 15.4. The molecule has 2 amide bonds. The molecule has 11 heteroatoms. The van der Waals surface area contributed by atoms with E-state index in [0.717, 1.165) is 56.4 Å². The van der Waals surface area contributed by atoms with Gasteiger partial charge in [-0.1, -0.05) is 19.3 Å². The molecule has 1 aliphatic rings. The van der Waals surface area contributed by atoms with Gasteiger partial charge in [-0.15, -0.1) is 4.83 Å². The molecule has 0 atom stereocenters. The zero-order valence-corrected chi connectivity index (χ0v) is 14.0. The number of hydrogen-bond donors (Lipinski definition) is 3. The van der Waals surface area contributed by atoms with Gasteiger partial charge in [0.1, 0.15) is 0 Å². The third kappa shape index (κ3) is 5.22. The van der Waals surface area contributed by atoms with Crippen LogP contribution in [0.15, 0.2) is 29.2 Å². The lowest BCUT2D eigenvalue weighted by Gasteiger charge is -2.22. The van der Waals surface area contributed by atoms with Crippen molar-refractivity contribution in [2.24, 2.45) is 0 Å². The smallest absolute Gasteiger partial charge is 0.324 e. The van der Waals surface area contributed by atoms with Gasteiger partial charge in [0.2, 0.25) is 0 Å². The van der Waals surface area contributed by atoms with Crippen molar-refractivity contribution in [2.75, 3.05) is 0 Å². The molecular weight excluding hydrogens is 352 g/mol. The Morgan fingerprint density at radius 2 is 1.64 bits per heavy atom. The maximum Gasteiger partial charge on any atom is 0.324 e. The van der Waals surface area contributed by atoms with E-state index in [4.69, 9.17) is 0 Å². The number of rotatable bonds is 5. The number of sulfonamides is 1. The number of carbonyl (C=O) groups excluding carboxylic acids is 2. The molecule has 25 heavy (non-hydrogen) atoms. The minimum atomic E-state index is -4.15. The van der Waals surface area contributed by atoms with Crippen molar-refractivity contribution in [1.82, 2.24) is 15.6 Å². The van der Waals surface area contributed by atoms with E-state index in [9.17, 15) is 28.1 Å². The van der Waals surface area contributed by atoms with Gasteiger partial charge in [-0.3, -0.25) is 25.1 Å². The first-order chi connectivity index (χ1) is 11.8. The molecule has 1 aromatic rings. The number of nitro benzene ring substituents is 1. The van der Waals surface area contributed by atoms with Crippen molar-refractivity contribution in [3.63, 3.8) is 0 Å². The van der Waals surface area contributed by atoms with Gasteiger partial charge in [-0.2, -0.15) is 0 Å². The maximum absolute atomic E-state index is 12.0. The van der Waals surface area contributed by atoms with E-state index in [2.05, 4.69) is 5.32 Å². The largest absolute Gasteiger partial charge is 0.345 e. The average Bonchev–Trinajstić information content (AvgIpc) is 2.60. The average molecular weight is 370 g/mol. The number of nitrogens with zero attached hydrogens (tertiary/aromatic N) is 1. The second-order valence-corrected chi connectivity index (χ2v) is 7.30. The van der Waals surface area contributed by atoms with E-state index in [1.165, 1.54) is 0 Å². The Morgan fingerprint density at radius 1 is 1.04 bits per heavy atom. The van der Waals surface area contributed by atoms with Gasteiger partial charge in [0, 0.05) is 18.2 Å². The molecule has 3 N–H and O–H groups in total. The predicted octanol–water partition coefficient (Wildman–Crippen LogP) is 0.353. The van der Waals surface area contributed by atoms with Crippen molar-refractivity contribution in [3.05, 3.63) is 34.4 Å². The molecule has 1 aliphatic carbocycles. The summed E-state index contributed by atoms with van der Waals surface area (Å²) >= 11 is 0. The third-order valence-electron chi connectivity index (χ3n) is 3.80. The second kappa shape index (κ2) is 8.03. The summed E-state index contributed by atoms with van der Waals surface area (Å²) in [5.74, 6) is -2.05. The molecule has 0 aliphatic heterocycles. The fraction of sp³-hybridized carbons (Fsp3) is 0.429. The molecule has 1 aromatic carbocycles. The first-order valence-electron chi connectivity index (χ1n) is 7.67. The molecule has 0 saturated heterocycles. The van der Waals surface area contributed by atoms with Crippen molar-refractivity contribution < 1.29 is 22.9 Å². The molecule has 0 bridgehead atoms. The topological polar surface area (TPSA) is 148 Å². The number of non-ortho nitro benzene ring substituents is 1. The second-order valence-electron chi connectivity index (χ2n) is 5.62. The molecule has 0 spiro atoms. The van der Waals surface area contributed by atoms with Crippen LogP contribution in [0.2, 0.25) is 0 Å². The highest BCUT2D eigenvalue weighted by atomic mass is 32.2. The van der Waals surface area contributed by atoms with E-state index in [1.54, 1.807) is 4.83 Å². The summed E-state index contributed by atoms with van der Waals surface area (Å²) in [7, 11) is -4.15. The van der Waals surface area contributed by atoms with Crippen molar-refractivity contribution in [2.45, 2.75) is 43.0 Å². The van der Waals surface area contributed by atoms with Crippen molar-refractivity contribution in [1.29, 1.82) is 0 Å². The van der Waals surface area contributed by atoms with E-state index >= 15 is 0 Å². The molecule has 1 saturated carbocycles. The maximum atomic E-state index is 12.0. The Balaban J connectivity index is 1.90. The summed E-state index contributed by atoms with van der Waals surface area (Å²) in [5.41, 5.74) is 1.56. The van der Waals surface area contributed by atoms with Gasteiger partial charge in [0.05, 0.1) is 9.82 Å². The van der Waals surface area contributed by atoms with Crippen LogP contribution in [0.4, 0.5) is 5.69 Å². The zero-order chi connectivity index (χ0) is 18.4. The third-order valence-corrected chi connectivity index (χ3v) is 5.07. The molecule has 0 radical (unpaired) electrons. The Bertz CT molecular complexity index is 756. The number of hydrazine groups is 1. The molecule has 2 rings (SSSR count). The van der Waals surface area contributed by atoms with Gasteiger partial charge >= 0.3 is 11.8 Å². The summed E-state index contributed by atoms with van der Waals surface area (Å²) in [6.07, 6.45) is 4.60. The highest BCUT2D eigenvalue weighted by molar-refractivity contribution is 7.89. The van der Waals surface area contributed by atoms with E-state index in [0.29, 0.717) is 0 Å². The monoisotopic (exact) mass is 370 g/mol. The Labute approximate surface area is 144 Å². The fourth-order valence-corrected chi connectivity index (χ4v) is 3.31. The summed E-state index contributed by atoms with van der Waals surface area (Å²) in [6.45, 7) is 0. The lowest BCUT2D eigenvalue weighted by Crippen LogP contribution is -2.50. The lowest BCUT2D eigenvalue weighted by molar-refractivity contribution is -0.384. The number of carbonyl (C=O) groups is 2. The van der Waals surface area contributed by atoms with E-state index in [1.807, 2.05) is 5.43 Å². The zero-order valence-electron chi connectivity index (χ0n) is 13.2. The fourth-order valence-electron chi connectivity index (χ4n) is 2.47. The van der Waals surface area contributed by atoms with Gasteiger partial charge in [0.15, 0.2) is 0 Å². The van der Waals surface area contributed by atoms with Crippen LogP contribution in [0.25, 0.3) is 0 Å². The van der Waals surface area contributed by atoms with Crippen molar-refractivity contribution in [3.8, 4) is 0 Å². The summed E-state index contributed by atoms with van der Waals surface area (Å²) in [4.78, 5) is 34.8. The molecular formula is C14H18N4O6S. The Hall–Kier alpha value is -2.53. The minimum absolute atomic E-state index is 0.0849. The molecule has 1 fully saturated rings. The number of benzene rings is 1. The molecule has 10 nitrogen and oxygen atoms in total. The van der Waals surface area contributed by atoms with Crippen LogP contribution in [0.1, 0.15) is 32.1 Å². The highest BCUT2D eigenvalue weighted by Gasteiger charge is 2.22.